The average molecular weight is 325 g/mol. The molecule has 0 bridgehead atoms. The van der Waals surface area contributed by atoms with Gasteiger partial charge in [0.2, 0.25) is 0 Å². The van der Waals surface area contributed by atoms with Crippen LogP contribution in [0.1, 0.15) is 21.8 Å². The Bertz CT molecular complexity index is 614. The van der Waals surface area contributed by atoms with Gasteiger partial charge in [0.25, 0.3) is 0 Å². The summed E-state index contributed by atoms with van der Waals surface area (Å²) in [5, 5.41) is 10.1. The third kappa shape index (κ3) is 4.21. The largest absolute Gasteiger partial charge is 0.461 e. The quantitative estimate of drug-likeness (QED) is 0.848. The van der Waals surface area contributed by atoms with Gasteiger partial charge < -0.3 is 9.84 Å². The fourth-order valence-corrected chi connectivity index (χ4v) is 2.37. The second-order valence-electron chi connectivity index (χ2n) is 4.51. The van der Waals surface area contributed by atoms with Crippen LogP contribution in [0.3, 0.4) is 0 Å². The molecule has 0 saturated carbocycles. The molecule has 0 radical (unpaired) electrons. The molecule has 2 rings (SSSR count). The Hall–Kier alpha value is -1.55. The van der Waals surface area contributed by atoms with E-state index in [9.17, 15) is 9.90 Å². The summed E-state index contributed by atoms with van der Waals surface area (Å²) in [6, 6.07) is 14.0. The Morgan fingerprint density at radius 1 is 1.14 bits per heavy atom. The van der Waals surface area contributed by atoms with E-state index in [4.69, 9.17) is 27.9 Å². The third-order valence-corrected chi connectivity index (χ3v) is 3.61. The van der Waals surface area contributed by atoms with Gasteiger partial charge in [-0.15, -0.1) is 0 Å². The van der Waals surface area contributed by atoms with Gasteiger partial charge in [-0.1, -0.05) is 53.5 Å². The van der Waals surface area contributed by atoms with Crippen LogP contribution in [0.2, 0.25) is 10.0 Å². The summed E-state index contributed by atoms with van der Waals surface area (Å²) >= 11 is 11.7. The number of ether oxygens (including phenoxy) is 1. The van der Waals surface area contributed by atoms with E-state index in [0.717, 1.165) is 5.56 Å². The minimum atomic E-state index is -0.536. The van der Waals surface area contributed by atoms with E-state index in [0.29, 0.717) is 5.02 Å². The van der Waals surface area contributed by atoms with Crippen molar-refractivity contribution >= 4 is 29.2 Å². The molecule has 2 aromatic rings. The van der Waals surface area contributed by atoms with Gasteiger partial charge in [-0.25, -0.2) is 4.79 Å². The van der Waals surface area contributed by atoms with Gasteiger partial charge >= 0.3 is 5.97 Å². The van der Waals surface area contributed by atoms with Crippen LogP contribution in [0.25, 0.3) is 0 Å². The number of aliphatic hydroxyl groups excluding tert-OH is 1. The van der Waals surface area contributed by atoms with Crippen LogP contribution in [-0.2, 0) is 4.74 Å². The lowest BCUT2D eigenvalue weighted by Crippen LogP contribution is -2.16. The predicted molar refractivity (Wildman–Crippen MR) is 83.0 cm³/mol. The van der Waals surface area contributed by atoms with Crippen molar-refractivity contribution in [1.29, 1.82) is 0 Å². The number of benzene rings is 2. The van der Waals surface area contributed by atoms with Gasteiger partial charge in [0.05, 0.1) is 17.2 Å². The van der Waals surface area contributed by atoms with Crippen LogP contribution in [0, 0.1) is 0 Å². The van der Waals surface area contributed by atoms with Gasteiger partial charge in [-0.2, -0.15) is 0 Å². The normalized spacial score (nSPS) is 12.0. The number of halogens is 2. The Balaban J connectivity index is 2.03. The number of rotatable bonds is 5. The molecule has 0 fully saturated rings. The highest BCUT2D eigenvalue weighted by molar-refractivity contribution is 6.36. The number of aliphatic hydroxyl groups is 1. The zero-order valence-corrected chi connectivity index (χ0v) is 12.6. The standard InChI is InChI=1S/C16H14Cl2O3/c17-13-6-7-14(15(18)8-13)16(20)21-10-12(9-19)11-4-2-1-3-5-11/h1-8,12,19H,9-10H2. The maximum atomic E-state index is 12.0. The van der Waals surface area contributed by atoms with Gasteiger partial charge in [0.1, 0.15) is 6.61 Å². The molecule has 0 aliphatic heterocycles. The summed E-state index contributed by atoms with van der Waals surface area (Å²) in [6.45, 7) is -0.0239. The maximum Gasteiger partial charge on any atom is 0.339 e. The topological polar surface area (TPSA) is 46.5 Å². The van der Waals surface area contributed by atoms with Crippen molar-refractivity contribution in [2.75, 3.05) is 13.2 Å². The molecule has 21 heavy (non-hydrogen) atoms. The molecule has 0 aliphatic rings. The van der Waals surface area contributed by atoms with Crippen LogP contribution < -0.4 is 0 Å². The lowest BCUT2D eigenvalue weighted by molar-refractivity contribution is 0.0451. The Morgan fingerprint density at radius 2 is 1.86 bits per heavy atom. The number of hydrogen-bond acceptors (Lipinski definition) is 3. The summed E-state index contributed by atoms with van der Waals surface area (Å²) in [6.07, 6.45) is 0. The minimum Gasteiger partial charge on any atom is -0.461 e. The van der Waals surface area contributed by atoms with Crippen molar-refractivity contribution in [2.24, 2.45) is 0 Å². The van der Waals surface area contributed by atoms with E-state index in [1.54, 1.807) is 6.07 Å². The molecule has 0 spiro atoms. The smallest absolute Gasteiger partial charge is 0.339 e. The summed E-state index contributed by atoms with van der Waals surface area (Å²) in [7, 11) is 0. The predicted octanol–water partition coefficient (Wildman–Crippen LogP) is 3.93. The van der Waals surface area contributed by atoms with Crippen LogP contribution in [0.4, 0.5) is 0 Å². The van der Waals surface area contributed by atoms with E-state index in [1.807, 2.05) is 30.3 Å². The number of carbonyl (C=O) groups is 1. The average Bonchev–Trinajstić information content (AvgIpc) is 2.48. The first-order chi connectivity index (χ1) is 10.1. The minimum absolute atomic E-state index is 0.0816. The molecule has 5 heteroatoms. The van der Waals surface area contributed by atoms with Crippen molar-refractivity contribution in [3.05, 3.63) is 69.7 Å². The van der Waals surface area contributed by atoms with E-state index < -0.39 is 5.97 Å². The Labute approximate surface area is 133 Å². The van der Waals surface area contributed by atoms with E-state index in [2.05, 4.69) is 0 Å². The van der Waals surface area contributed by atoms with Crippen molar-refractivity contribution in [3.63, 3.8) is 0 Å². The highest BCUT2D eigenvalue weighted by Gasteiger charge is 2.16. The van der Waals surface area contributed by atoms with Crippen molar-refractivity contribution in [2.45, 2.75) is 5.92 Å². The summed E-state index contributed by atoms with van der Waals surface area (Å²) in [5.41, 5.74) is 1.17. The summed E-state index contributed by atoms with van der Waals surface area (Å²) in [5.74, 6) is -0.799. The SMILES string of the molecule is O=C(OCC(CO)c1ccccc1)c1ccc(Cl)cc1Cl. The lowest BCUT2D eigenvalue weighted by Gasteiger charge is -2.15. The van der Waals surface area contributed by atoms with Crippen molar-refractivity contribution < 1.29 is 14.6 Å². The molecular formula is C16H14Cl2O3. The molecule has 3 nitrogen and oxygen atoms in total. The molecule has 0 aliphatic carbocycles. The molecule has 1 atom stereocenters. The first-order valence-corrected chi connectivity index (χ1v) is 7.15. The Morgan fingerprint density at radius 3 is 2.48 bits per heavy atom. The molecule has 110 valence electrons. The molecule has 0 saturated heterocycles. The zero-order chi connectivity index (χ0) is 15.2. The second-order valence-corrected chi connectivity index (χ2v) is 5.36. The van der Waals surface area contributed by atoms with Gasteiger partial charge in [-0.05, 0) is 23.8 Å². The van der Waals surface area contributed by atoms with Crippen molar-refractivity contribution in [3.8, 4) is 0 Å². The van der Waals surface area contributed by atoms with E-state index >= 15 is 0 Å². The van der Waals surface area contributed by atoms with Gasteiger partial charge in [0.15, 0.2) is 0 Å². The molecule has 2 aromatic carbocycles. The number of carbonyl (C=O) groups excluding carboxylic acids is 1. The highest BCUT2D eigenvalue weighted by Crippen LogP contribution is 2.22. The fourth-order valence-electron chi connectivity index (χ4n) is 1.89. The highest BCUT2D eigenvalue weighted by atomic mass is 35.5. The lowest BCUT2D eigenvalue weighted by atomic mass is 10.0. The van der Waals surface area contributed by atoms with E-state index in [1.165, 1.54) is 12.1 Å². The first kappa shape index (κ1) is 15.8. The maximum absolute atomic E-state index is 12.0. The first-order valence-electron chi connectivity index (χ1n) is 6.40. The molecule has 0 amide bonds. The second kappa shape index (κ2) is 7.46. The molecule has 1 unspecified atom stereocenters. The number of hydrogen-bond donors (Lipinski definition) is 1. The summed E-state index contributed by atoms with van der Waals surface area (Å²) in [4.78, 5) is 12.0. The van der Waals surface area contributed by atoms with Crippen LogP contribution in [0.15, 0.2) is 48.5 Å². The molecule has 0 heterocycles. The third-order valence-electron chi connectivity index (χ3n) is 3.06. The number of esters is 1. The zero-order valence-electron chi connectivity index (χ0n) is 11.1. The molecule has 0 aromatic heterocycles. The fraction of sp³-hybridized carbons (Fsp3) is 0.188. The van der Waals surface area contributed by atoms with Gasteiger partial charge in [-0.3, -0.25) is 0 Å². The molecule has 1 N–H and O–H groups in total. The van der Waals surface area contributed by atoms with Crippen molar-refractivity contribution in [1.82, 2.24) is 0 Å². The van der Waals surface area contributed by atoms with Crippen LogP contribution in [-0.4, -0.2) is 24.3 Å². The monoisotopic (exact) mass is 324 g/mol. The van der Waals surface area contributed by atoms with Crippen LogP contribution >= 0.6 is 23.2 Å². The van der Waals surface area contributed by atoms with Crippen LogP contribution in [0.5, 0.6) is 0 Å². The van der Waals surface area contributed by atoms with E-state index in [-0.39, 0.29) is 29.7 Å². The van der Waals surface area contributed by atoms with Gasteiger partial charge in [0, 0.05) is 10.9 Å². The Kier molecular flexibility index (Phi) is 5.62. The summed E-state index contributed by atoms with van der Waals surface area (Å²) < 4.78 is 5.23. The molecular weight excluding hydrogens is 311 g/mol.